The summed E-state index contributed by atoms with van der Waals surface area (Å²) >= 11 is 0. The van der Waals surface area contributed by atoms with Gasteiger partial charge in [-0.25, -0.2) is 5.84 Å². The number of pyridine rings is 1. The van der Waals surface area contributed by atoms with Crippen LogP contribution in [0.25, 0.3) is 11.0 Å². The number of rotatable bonds is 5. The molecule has 4 rings (SSSR count). The van der Waals surface area contributed by atoms with Crippen LogP contribution in [-0.4, -0.2) is 46.3 Å². The number of carbonyl (C=O) groups is 2. The van der Waals surface area contributed by atoms with E-state index in [0.29, 0.717) is 30.4 Å². The molecule has 7 nitrogen and oxygen atoms in total. The van der Waals surface area contributed by atoms with Crippen molar-refractivity contribution in [2.24, 2.45) is 23.1 Å². The highest BCUT2D eigenvalue weighted by atomic mass is 16.3. The fourth-order valence-electron chi connectivity index (χ4n) is 4.43. The van der Waals surface area contributed by atoms with Gasteiger partial charge in [0.1, 0.15) is 0 Å². The van der Waals surface area contributed by atoms with Gasteiger partial charge in [-0.3, -0.25) is 19.6 Å². The summed E-state index contributed by atoms with van der Waals surface area (Å²) < 4.78 is 5.58. The second kappa shape index (κ2) is 7.20. The fraction of sp³-hybridized carbons (Fsp3) is 0.571. The number of fused-ring (bicyclic) bond motifs is 1. The standard InChI is InChI=1S/C21H28N4O3/c1-14(2)9-19(26)24-7-4-21(5-8-24)11-16(21)13-25(22)20(27)17-10-15-3-6-23-12-18(15)28-17/h3,6,10,12,14,16H,4-5,7-9,11,13,22H2,1-2H3. The number of carbonyl (C=O) groups excluding carboxylic acids is 2. The minimum atomic E-state index is -0.303. The van der Waals surface area contributed by atoms with Crippen molar-refractivity contribution in [2.45, 2.75) is 39.5 Å². The lowest BCUT2D eigenvalue weighted by molar-refractivity contribution is -0.133. The molecule has 0 aromatic carbocycles. The third kappa shape index (κ3) is 3.63. The first-order chi connectivity index (χ1) is 13.4. The Morgan fingerprint density at radius 3 is 2.82 bits per heavy atom. The summed E-state index contributed by atoms with van der Waals surface area (Å²) in [5.74, 6) is 7.07. The predicted molar refractivity (Wildman–Crippen MR) is 105 cm³/mol. The van der Waals surface area contributed by atoms with Crippen molar-refractivity contribution in [3.63, 3.8) is 0 Å². The molecule has 2 aromatic heterocycles. The van der Waals surface area contributed by atoms with Crippen LogP contribution in [0, 0.1) is 17.3 Å². The van der Waals surface area contributed by atoms with Crippen LogP contribution >= 0.6 is 0 Å². The fourth-order valence-corrected chi connectivity index (χ4v) is 4.43. The zero-order valence-electron chi connectivity index (χ0n) is 16.6. The number of hydrazine groups is 1. The molecule has 28 heavy (non-hydrogen) atoms. The van der Waals surface area contributed by atoms with E-state index in [1.807, 2.05) is 4.90 Å². The molecule has 2 amide bonds. The maximum absolute atomic E-state index is 12.6. The van der Waals surface area contributed by atoms with Gasteiger partial charge in [0.25, 0.3) is 0 Å². The van der Waals surface area contributed by atoms with Crippen LogP contribution in [-0.2, 0) is 4.79 Å². The minimum Gasteiger partial charge on any atom is -0.449 e. The number of aromatic nitrogens is 1. The van der Waals surface area contributed by atoms with E-state index < -0.39 is 0 Å². The van der Waals surface area contributed by atoms with Gasteiger partial charge >= 0.3 is 5.91 Å². The first-order valence-electron chi connectivity index (χ1n) is 10.1. The number of furan rings is 1. The lowest BCUT2D eigenvalue weighted by atomic mass is 9.90. The second-order valence-corrected chi connectivity index (χ2v) is 8.72. The summed E-state index contributed by atoms with van der Waals surface area (Å²) in [7, 11) is 0. The highest BCUT2D eigenvalue weighted by Gasteiger charge is 2.55. The van der Waals surface area contributed by atoms with E-state index in [4.69, 9.17) is 10.3 Å². The molecule has 2 N–H and O–H groups in total. The molecule has 1 saturated heterocycles. The molecular formula is C21H28N4O3. The van der Waals surface area contributed by atoms with E-state index in [9.17, 15) is 9.59 Å². The summed E-state index contributed by atoms with van der Waals surface area (Å²) in [5.41, 5.74) is 0.824. The molecule has 0 radical (unpaired) electrons. The number of amides is 2. The average Bonchev–Trinajstić information content (AvgIpc) is 3.13. The Kier molecular flexibility index (Phi) is 4.87. The highest BCUT2D eigenvalue weighted by Crippen LogP contribution is 2.59. The maximum Gasteiger partial charge on any atom is 0.303 e. The number of likely N-dealkylation sites (tertiary alicyclic amines) is 1. The van der Waals surface area contributed by atoms with E-state index in [0.717, 1.165) is 37.7 Å². The Bertz CT molecular complexity index is 850. The summed E-state index contributed by atoms with van der Waals surface area (Å²) in [6.45, 7) is 6.31. The number of nitrogens with two attached hydrogens (primary N) is 1. The molecule has 1 unspecified atom stereocenters. The lowest BCUT2D eigenvalue weighted by Crippen LogP contribution is -2.42. The zero-order chi connectivity index (χ0) is 19.9. The van der Waals surface area contributed by atoms with Crippen LogP contribution < -0.4 is 5.84 Å². The number of piperidine rings is 1. The number of hydrogen-bond acceptors (Lipinski definition) is 5. The van der Waals surface area contributed by atoms with Crippen molar-refractivity contribution in [1.82, 2.24) is 14.9 Å². The lowest BCUT2D eigenvalue weighted by Gasteiger charge is -2.34. The van der Waals surface area contributed by atoms with Crippen molar-refractivity contribution in [3.8, 4) is 0 Å². The maximum atomic E-state index is 12.6. The van der Waals surface area contributed by atoms with Gasteiger partial charge in [0, 0.05) is 37.6 Å². The smallest absolute Gasteiger partial charge is 0.303 e. The Hall–Kier alpha value is -2.41. The second-order valence-electron chi connectivity index (χ2n) is 8.72. The first kappa shape index (κ1) is 18.9. The van der Waals surface area contributed by atoms with E-state index in [1.165, 1.54) is 5.01 Å². The van der Waals surface area contributed by atoms with Crippen LogP contribution in [0.5, 0.6) is 0 Å². The summed E-state index contributed by atoms with van der Waals surface area (Å²) in [4.78, 5) is 30.9. The zero-order valence-corrected chi connectivity index (χ0v) is 16.6. The van der Waals surface area contributed by atoms with Crippen LogP contribution in [0.2, 0.25) is 0 Å². The Balaban J connectivity index is 1.31. The van der Waals surface area contributed by atoms with Crippen molar-refractivity contribution in [1.29, 1.82) is 0 Å². The molecule has 1 aliphatic carbocycles. The van der Waals surface area contributed by atoms with Crippen LogP contribution in [0.15, 0.2) is 28.9 Å². The Morgan fingerprint density at radius 1 is 1.39 bits per heavy atom. The van der Waals surface area contributed by atoms with Crippen LogP contribution in [0.3, 0.4) is 0 Å². The summed E-state index contributed by atoms with van der Waals surface area (Å²) in [5, 5.41) is 2.12. The van der Waals surface area contributed by atoms with Gasteiger partial charge in [-0.05, 0) is 48.6 Å². The summed E-state index contributed by atoms with van der Waals surface area (Å²) in [6, 6.07) is 3.52. The highest BCUT2D eigenvalue weighted by molar-refractivity contribution is 5.95. The van der Waals surface area contributed by atoms with Gasteiger partial charge in [0.05, 0.1) is 6.20 Å². The normalized spacial score (nSPS) is 20.7. The molecular weight excluding hydrogens is 356 g/mol. The Morgan fingerprint density at radius 2 is 2.14 bits per heavy atom. The van der Waals surface area contributed by atoms with E-state index in [-0.39, 0.29) is 23.0 Å². The van der Waals surface area contributed by atoms with Gasteiger partial charge in [-0.2, -0.15) is 0 Å². The molecule has 7 heteroatoms. The van der Waals surface area contributed by atoms with Gasteiger partial charge < -0.3 is 9.32 Å². The van der Waals surface area contributed by atoms with E-state index in [2.05, 4.69) is 18.8 Å². The topological polar surface area (TPSA) is 92.7 Å². The van der Waals surface area contributed by atoms with Gasteiger partial charge in [-0.1, -0.05) is 13.8 Å². The van der Waals surface area contributed by atoms with Crippen LogP contribution in [0.1, 0.15) is 50.1 Å². The molecule has 2 aromatic rings. The molecule has 1 atom stereocenters. The Labute approximate surface area is 164 Å². The predicted octanol–water partition coefficient (Wildman–Crippen LogP) is 2.82. The van der Waals surface area contributed by atoms with Crippen molar-refractivity contribution < 1.29 is 14.0 Å². The molecule has 0 bridgehead atoms. The van der Waals surface area contributed by atoms with Gasteiger partial charge in [-0.15, -0.1) is 0 Å². The van der Waals surface area contributed by atoms with Crippen molar-refractivity contribution in [3.05, 3.63) is 30.3 Å². The summed E-state index contributed by atoms with van der Waals surface area (Å²) in [6.07, 6.45) is 6.95. The SMILES string of the molecule is CC(C)CC(=O)N1CCC2(CC1)CC2CN(N)C(=O)c1cc2ccncc2o1. The molecule has 150 valence electrons. The van der Waals surface area contributed by atoms with Gasteiger partial charge in [0.2, 0.25) is 5.91 Å². The number of hydrogen-bond donors (Lipinski definition) is 1. The van der Waals surface area contributed by atoms with E-state index >= 15 is 0 Å². The number of nitrogens with zero attached hydrogens (tertiary/aromatic N) is 3. The monoisotopic (exact) mass is 384 g/mol. The first-order valence-corrected chi connectivity index (χ1v) is 10.1. The molecule has 2 fully saturated rings. The molecule has 2 aliphatic rings. The van der Waals surface area contributed by atoms with Crippen LogP contribution in [0.4, 0.5) is 0 Å². The molecule has 1 spiro atoms. The minimum absolute atomic E-state index is 0.240. The van der Waals surface area contributed by atoms with Crippen molar-refractivity contribution >= 4 is 22.8 Å². The quantitative estimate of drug-likeness (QED) is 0.486. The third-order valence-electron chi connectivity index (χ3n) is 6.27. The largest absolute Gasteiger partial charge is 0.449 e. The molecule has 1 saturated carbocycles. The van der Waals surface area contributed by atoms with Crippen molar-refractivity contribution in [2.75, 3.05) is 19.6 Å². The molecule has 3 heterocycles. The molecule has 1 aliphatic heterocycles. The third-order valence-corrected chi connectivity index (χ3v) is 6.27. The van der Waals surface area contributed by atoms with Gasteiger partial charge in [0.15, 0.2) is 11.3 Å². The van der Waals surface area contributed by atoms with E-state index in [1.54, 1.807) is 24.5 Å². The average molecular weight is 384 g/mol.